The van der Waals surface area contributed by atoms with Crippen molar-refractivity contribution in [2.24, 2.45) is 23.7 Å². The van der Waals surface area contributed by atoms with Crippen LogP contribution in [0.15, 0.2) is 29.2 Å². The van der Waals surface area contributed by atoms with Crippen LogP contribution < -0.4 is 0 Å². The van der Waals surface area contributed by atoms with Crippen LogP contribution in [0, 0.1) is 33.8 Å². The average Bonchev–Trinajstić information content (AvgIpc) is 2.50. The van der Waals surface area contributed by atoms with E-state index in [1.165, 1.54) is 30.7 Å². The predicted octanol–water partition coefficient (Wildman–Crippen LogP) is 3.84. The van der Waals surface area contributed by atoms with Crippen molar-refractivity contribution in [3.05, 3.63) is 34.4 Å². The van der Waals surface area contributed by atoms with E-state index >= 15 is 0 Å². The molecule has 7 heteroatoms. The molecule has 4 aliphatic rings. The smallest absolute Gasteiger partial charge is 0.258 e. The van der Waals surface area contributed by atoms with E-state index in [-0.39, 0.29) is 15.8 Å². The lowest BCUT2D eigenvalue weighted by atomic mass is 9.56. The Balaban J connectivity index is 1.58. The van der Waals surface area contributed by atoms with E-state index in [4.69, 9.17) is 0 Å². The second-order valence-corrected chi connectivity index (χ2v) is 11.2. The highest BCUT2D eigenvalue weighted by molar-refractivity contribution is 8.72. The van der Waals surface area contributed by atoms with Gasteiger partial charge in [0, 0.05) is 17.4 Å². The van der Waals surface area contributed by atoms with Crippen LogP contribution in [0.25, 0.3) is 0 Å². The molecule has 23 heavy (non-hydrogen) atoms. The zero-order valence-corrected chi connectivity index (χ0v) is 14.3. The summed E-state index contributed by atoms with van der Waals surface area (Å²) >= 11 is 0. The molecule has 0 radical (unpaired) electrons. The molecule has 1 aromatic rings. The summed E-state index contributed by atoms with van der Waals surface area (Å²) < 4.78 is 25.5. The van der Waals surface area contributed by atoms with Gasteiger partial charge in [0.05, 0.1) is 9.82 Å². The summed E-state index contributed by atoms with van der Waals surface area (Å²) in [5, 5.41) is 11.0. The minimum Gasteiger partial charge on any atom is -0.258 e. The summed E-state index contributed by atoms with van der Waals surface area (Å²) in [6, 6.07) is 5.42. The van der Waals surface area contributed by atoms with E-state index in [9.17, 15) is 18.5 Å². The van der Waals surface area contributed by atoms with Crippen molar-refractivity contribution >= 4 is 25.4 Å². The molecule has 5 nitrogen and oxygen atoms in total. The monoisotopic (exact) mass is 353 g/mol. The van der Waals surface area contributed by atoms with Crippen molar-refractivity contribution in [1.29, 1.82) is 0 Å². The van der Waals surface area contributed by atoms with Crippen LogP contribution in [-0.2, 0) is 8.87 Å². The van der Waals surface area contributed by atoms with Crippen molar-refractivity contribution in [3.63, 3.8) is 0 Å². The molecular formula is C16H19NO4S2. The van der Waals surface area contributed by atoms with Crippen molar-refractivity contribution in [3.8, 4) is 0 Å². The Hall–Kier alpha value is -1.08. The molecule has 4 saturated carbocycles. The van der Waals surface area contributed by atoms with Gasteiger partial charge in [-0.05, 0) is 72.6 Å². The van der Waals surface area contributed by atoms with Gasteiger partial charge in [-0.15, -0.1) is 0 Å². The van der Waals surface area contributed by atoms with Crippen LogP contribution in [0.5, 0.6) is 0 Å². The van der Waals surface area contributed by atoms with Gasteiger partial charge in [-0.2, -0.15) is 0 Å². The molecule has 0 atom stereocenters. The molecule has 0 aromatic heterocycles. The number of nitro benzene ring substituents is 1. The summed E-state index contributed by atoms with van der Waals surface area (Å²) in [6.45, 7) is 0. The lowest BCUT2D eigenvalue weighted by Crippen LogP contribution is -2.47. The van der Waals surface area contributed by atoms with Gasteiger partial charge in [-0.1, -0.05) is 6.07 Å². The van der Waals surface area contributed by atoms with Crippen LogP contribution in [-0.4, -0.2) is 18.6 Å². The third-order valence-corrected chi connectivity index (χ3v) is 9.78. The first-order chi connectivity index (χ1) is 10.9. The van der Waals surface area contributed by atoms with E-state index in [2.05, 4.69) is 0 Å². The summed E-state index contributed by atoms with van der Waals surface area (Å²) in [5.74, 6) is 2.61. The highest BCUT2D eigenvalue weighted by Crippen LogP contribution is 2.58. The van der Waals surface area contributed by atoms with Gasteiger partial charge in [0.25, 0.3) is 5.69 Å². The van der Waals surface area contributed by atoms with Crippen molar-refractivity contribution in [2.75, 3.05) is 0 Å². The fourth-order valence-electron chi connectivity index (χ4n) is 4.99. The fraction of sp³-hybridized carbons (Fsp3) is 0.625. The third kappa shape index (κ3) is 2.78. The zero-order valence-electron chi connectivity index (χ0n) is 12.6. The SMILES string of the molecule is O=[N+]([O-])c1cccc(S(=O)(=O)SC2C3CC4CC(C3)CC2C4)c1. The maximum atomic E-state index is 12.7. The molecule has 4 fully saturated rings. The normalized spacial score (nSPS) is 35.4. The van der Waals surface area contributed by atoms with E-state index in [1.54, 1.807) is 0 Å². The number of benzene rings is 1. The molecule has 1 aromatic carbocycles. The number of nitro groups is 1. The Morgan fingerprint density at radius 2 is 1.65 bits per heavy atom. The number of non-ortho nitro benzene ring substituents is 1. The van der Waals surface area contributed by atoms with Crippen LogP contribution in [0.2, 0.25) is 0 Å². The summed E-state index contributed by atoms with van der Waals surface area (Å²) in [7, 11) is -2.49. The molecule has 0 saturated heterocycles. The van der Waals surface area contributed by atoms with Crippen LogP contribution in [0.4, 0.5) is 5.69 Å². The Bertz CT molecular complexity index is 718. The van der Waals surface area contributed by atoms with Crippen LogP contribution >= 0.6 is 10.8 Å². The first kappa shape index (κ1) is 15.4. The second-order valence-electron chi connectivity index (χ2n) is 7.20. The molecule has 0 heterocycles. The number of hydrogen-bond acceptors (Lipinski definition) is 5. The topological polar surface area (TPSA) is 77.3 Å². The summed E-state index contributed by atoms with van der Waals surface area (Å²) in [5.41, 5.74) is -0.170. The lowest BCUT2D eigenvalue weighted by Gasteiger charge is -2.53. The van der Waals surface area contributed by atoms with E-state index < -0.39 is 13.8 Å². The van der Waals surface area contributed by atoms with Crippen molar-refractivity contribution in [2.45, 2.75) is 42.2 Å². The van der Waals surface area contributed by atoms with E-state index in [0.29, 0.717) is 11.8 Å². The highest BCUT2D eigenvalue weighted by atomic mass is 33.1. The summed E-state index contributed by atoms with van der Waals surface area (Å²) in [6.07, 6.45) is 5.98. The molecule has 124 valence electrons. The minimum atomic E-state index is -3.55. The predicted molar refractivity (Wildman–Crippen MR) is 88.7 cm³/mol. The Morgan fingerprint density at radius 3 is 2.22 bits per heavy atom. The van der Waals surface area contributed by atoms with Gasteiger partial charge in [0.15, 0.2) is 0 Å². The molecular weight excluding hydrogens is 334 g/mol. The van der Waals surface area contributed by atoms with Crippen LogP contribution in [0.1, 0.15) is 32.1 Å². The van der Waals surface area contributed by atoms with E-state index in [1.807, 2.05) is 0 Å². The number of rotatable bonds is 4. The molecule has 4 aliphatic carbocycles. The Kier molecular flexibility index (Phi) is 3.68. The fourth-order valence-corrected chi connectivity index (χ4v) is 9.12. The third-order valence-electron chi connectivity index (χ3n) is 5.70. The lowest BCUT2D eigenvalue weighted by molar-refractivity contribution is -0.385. The minimum absolute atomic E-state index is 0.0607. The highest BCUT2D eigenvalue weighted by Gasteiger charge is 2.49. The van der Waals surface area contributed by atoms with Crippen molar-refractivity contribution in [1.82, 2.24) is 0 Å². The van der Waals surface area contributed by atoms with E-state index in [0.717, 1.165) is 48.3 Å². The molecule has 0 unspecified atom stereocenters. The number of nitrogens with zero attached hydrogens (tertiary/aromatic N) is 1. The number of hydrogen-bond donors (Lipinski definition) is 0. The van der Waals surface area contributed by atoms with Crippen LogP contribution in [0.3, 0.4) is 0 Å². The first-order valence-corrected chi connectivity index (χ1v) is 11.0. The van der Waals surface area contributed by atoms with Gasteiger partial charge in [-0.25, -0.2) is 8.42 Å². The quantitative estimate of drug-likeness (QED) is 0.467. The molecule has 5 rings (SSSR count). The summed E-state index contributed by atoms with van der Waals surface area (Å²) in [4.78, 5) is 10.4. The zero-order chi connectivity index (χ0) is 16.2. The largest absolute Gasteiger partial charge is 0.270 e. The first-order valence-electron chi connectivity index (χ1n) is 8.10. The van der Waals surface area contributed by atoms with Gasteiger partial charge in [0.2, 0.25) is 8.87 Å². The maximum Gasteiger partial charge on any atom is 0.270 e. The Morgan fingerprint density at radius 1 is 1.04 bits per heavy atom. The van der Waals surface area contributed by atoms with Gasteiger partial charge in [-0.3, -0.25) is 10.1 Å². The van der Waals surface area contributed by atoms with Crippen molar-refractivity contribution < 1.29 is 13.3 Å². The Labute approximate surface area is 139 Å². The van der Waals surface area contributed by atoms with Gasteiger partial charge >= 0.3 is 0 Å². The van der Waals surface area contributed by atoms with Gasteiger partial charge < -0.3 is 0 Å². The maximum absolute atomic E-state index is 12.7. The molecule has 0 spiro atoms. The molecule has 4 bridgehead atoms. The average molecular weight is 353 g/mol. The molecule has 0 N–H and O–H groups in total. The molecule has 0 amide bonds. The van der Waals surface area contributed by atoms with Gasteiger partial charge in [0.1, 0.15) is 0 Å². The second kappa shape index (κ2) is 5.48. The standard InChI is InChI=1S/C16H19NO4S2/c18-17(19)14-2-1-3-15(9-14)23(20,21)22-16-12-5-10-4-11(7-12)8-13(16)6-10/h1-3,9-13,16H,4-8H2. The molecule has 0 aliphatic heterocycles.